The topological polar surface area (TPSA) is 133 Å². The van der Waals surface area contributed by atoms with E-state index in [1.807, 2.05) is 13.8 Å². The highest BCUT2D eigenvalue weighted by Gasteiger charge is 2.24. The summed E-state index contributed by atoms with van der Waals surface area (Å²) in [6, 6.07) is -1.05. The molecule has 10 heteroatoms. The number of aliphatic carboxylic acids is 1. The van der Waals surface area contributed by atoms with E-state index in [2.05, 4.69) is 10.6 Å². The second kappa shape index (κ2) is 10.2. The highest BCUT2D eigenvalue weighted by molar-refractivity contribution is 7.89. The van der Waals surface area contributed by atoms with E-state index in [0.717, 1.165) is 4.31 Å². The van der Waals surface area contributed by atoms with E-state index >= 15 is 0 Å². The van der Waals surface area contributed by atoms with E-state index in [9.17, 15) is 22.8 Å². The van der Waals surface area contributed by atoms with Crippen molar-refractivity contribution in [3.8, 4) is 0 Å². The number of carbonyl (C=O) groups excluding carboxylic acids is 2. The minimum Gasteiger partial charge on any atom is -0.480 e. The van der Waals surface area contributed by atoms with Gasteiger partial charge in [-0.3, -0.25) is 9.59 Å². The highest BCUT2D eigenvalue weighted by atomic mass is 32.2. The third-order valence-electron chi connectivity index (χ3n) is 3.20. The van der Waals surface area contributed by atoms with Crippen LogP contribution < -0.4 is 10.6 Å². The maximum Gasteiger partial charge on any atom is 0.326 e. The number of amides is 2. The van der Waals surface area contributed by atoms with Gasteiger partial charge in [0.15, 0.2) is 0 Å². The molecule has 1 atom stereocenters. The van der Waals surface area contributed by atoms with Crippen LogP contribution in [0.5, 0.6) is 0 Å². The first-order valence-electron chi connectivity index (χ1n) is 7.80. The maximum absolute atomic E-state index is 11.9. The number of nitrogens with zero attached hydrogens (tertiary/aromatic N) is 1. The first kappa shape index (κ1) is 22.3. The van der Waals surface area contributed by atoms with E-state index in [4.69, 9.17) is 5.11 Å². The van der Waals surface area contributed by atoms with Crippen LogP contribution in [0.3, 0.4) is 0 Å². The van der Waals surface area contributed by atoms with Gasteiger partial charge in [-0.2, -0.15) is 0 Å². The SMILES string of the molecule is CCN(CC)S(=O)(=O)CC(=O)NCC(=O)N[C@@H](CC(C)C)C(=O)O. The Kier molecular flexibility index (Phi) is 9.52. The minimum absolute atomic E-state index is 0.0696. The van der Waals surface area contributed by atoms with Crippen LogP contribution in [0.1, 0.15) is 34.1 Å². The Balaban J connectivity index is 4.50. The van der Waals surface area contributed by atoms with Gasteiger partial charge in [0.1, 0.15) is 11.8 Å². The van der Waals surface area contributed by atoms with Crippen LogP contribution >= 0.6 is 0 Å². The summed E-state index contributed by atoms with van der Waals surface area (Å²) in [5.74, 6) is -3.34. The number of nitrogens with one attached hydrogen (secondary N) is 2. The van der Waals surface area contributed by atoms with Crippen molar-refractivity contribution < 1.29 is 27.9 Å². The number of carboxylic acids is 1. The first-order chi connectivity index (χ1) is 11.0. The summed E-state index contributed by atoms with van der Waals surface area (Å²) in [7, 11) is -3.73. The smallest absolute Gasteiger partial charge is 0.326 e. The number of hydrogen-bond acceptors (Lipinski definition) is 5. The van der Waals surface area contributed by atoms with Crippen LogP contribution in [0.15, 0.2) is 0 Å². The van der Waals surface area contributed by atoms with Crippen LogP contribution in [-0.2, 0) is 24.4 Å². The summed E-state index contributed by atoms with van der Waals surface area (Å²) in [5.41, 5.74) is 0. The number of carboxylic acid groups (broad SMARTS) is 1. The normalized spacial score (nSPS) is 12.9. The summed E-state index contributed by atoms with van der Waals surface area (Å²) in [6.45, 7) is 6.99. The quantitative estimate of drug-likeness (QED) is 0.447. The van der Waals surface area contributed by atoms with Crippen molar-refractivity contribution in [3.63, 3.8) is 0 Å². The molecule has 0 aromatic rings. The molecule has 0 spiro atoms. The van der Waals surface area contributed by atoms with E-state index < -0.39 is 46.1 Å². The van der Waals surface area contributed by atoms with Gasteiger partial charge in [-0.05, 0) is 12.3 Å². The monoisotopic (exact) mass is 365 g/mol. The van der Waals surface area contributed by atoms with E-state index in [1.165, 1.54) is 0 Å². The third-order valence-corrected chi connectivity index (χ3v) is 5.13. The average molecular weight is 365 g/mol. The van der Waals surface area contributed by atoms with Gasteiger partial charge in [0, 0.05) is 13.1 Å². The molecule has 0 saturated heterocycles. The van der Waals surface area contributed by atoms with Crippen molar-refractivity contribution in [1.82, 2.24) is 14.9 Å². The molecule has 140 valence electrons. The summed E-state index contributed by atoms with van der Waals surface area (Å²) in [4.78, 5) is 34.4. The molecule has 0 rings (SSSR count). The third kappa shape index (κ3) is 8.25. The van der Waals surface area contributed by atoms with Crippen molar-refractivity contribution >= 4 is 27.8 Å². The fourth-order valence-corrected chi connectivity index (χ4v) is 3.44. The van der Waals surface area contributed by atoms with Gasteiger partial charge in [0.25, 0.3) is 0 Å². The van der Waals surface area contributed by atoms with Crippen molar-refractivity contribution in [3.05, 3.63) is 0 Å². The molecular formula is C14H27N3O6S. The molecule has 0 heterocycles. The molecule has 0 fully saturated rings. The van der Waals surface area contributed by atoms with Crippen LogP contribution in [0, 0.1) is 5.92 Å². The van der Waals surface area contributed by atoms with Crippen molar-refractivity contribution in [2.75, 3.05) is 25.4 Å². The van der Waals surface area contributed by atoms with Crippen LogP contribution in [0.2, 0.25) is 0 Å². The van der Waals surface area contributed by atoms with Gasteiger partial charge in [0.2, 0.25) is 21.8 Å². The zero-order valence-electron chi connectivity index (χ0n) is 14.5. The lowest BCUT2D eigenvalue weighted by molar-refractivity contribution is -0.142. The molecule has 0 aliphatic carbocycles. The lowest BCUT2D eigenvalue weighted by Crippen LogP contribution is -2.47. The summed E-state index contributed by atoms with van der Waals surface area (Å²) >= 11 is 0. The van der Waals surface area contributed by atoms with Gasteiger partial charge < -0.3 is 15.7 Å². The lowest BCUT2D eigenvalue weighted by atomic mass is 10.0. The second-order valence-electron chi connectivity index (χ2n) is 5.71. The van der Waals surface area contributed by atoms with E-state index in [-0.39, 0.29) is 25.4 Å². The average Bonchev–Trinajstić information content (AvgIpc) is 2.44. The van der Waals surface area contributed by atoms with Gasteiger partial charge in [-0.15, -0.1) is 0 Å². The maximum atomic E-state index is 11.9. The molecule has 0 radical (unpaired) electrons. The molecule has 0 aromatic carbocycles. The molecule has 0 bridgehead atoms. The van der Waals surface area contributed by atoms with E-state index in [1.54, 1.807) is 13.8 Å². The number of sulfonamides is 1. The Bertz CT molecular complexity index is 543. The molecule has 9 nitrogen and oxygen atoms in total. The van der Waals surface area contributed by atoms with E-state index in [0.29, 0.717) is 0 Å². The predicted molar refractivity (Wildman–Crippen MR) is 88.7 cm³/mol. The lowest BCUT2D eigenvalue weighted by Gasteiger charge is -2.18. The van der Waals surface area contributed by atoms with Gasteiger partial charge in [-0.1, -0.05) is 27.7 Å². The number of carbonyl (C=O) groups is 3. The van der Waals surface area contributed by atoms with Crippen molar-refractivity contribution in [1.29, 1.82) is 0 Å². The van der Waals surface area contributed by atoms with Crippen molar-refractivity contribution in [2.24, 2.45) is 5.92 Å². The second-order valence-corrected chi connectivity index (χ2v) is 7.67. The highest BCUT2D eigenvalue weighted by Crippen LogP contribution is 2.04. The molecule has 0 aromatic heterocycles. The molecule has 0 unspecified atom stereocenters. The van der Waals surface area contributed by atoms with Crippen LogP contribution in [0.4, 0.5) is 0 Å². The van der Waals surface area contributed by atoms with Crippen LogP contribution in [0.25, 0.3) is 0 Å². The molecule has 0 saturated carbocycles. The fraction of sp³-hybridized carbons (Fsp3) is 0.786. The molecule has 0 aliphatic rings. The van der Waals surface area contributed by atoms with Gasteiger partial charge >= 0.3 is 5.97 Å². The molecule has 24 heavy (non-hydrogen) atoms. The Morgan fingerprint density at radius 1 is 1.08 bits per heavy atom. The Morgan fingerprint density at radius 2 is 1.62 bits per heavy atom. The van der Waals surface area contributed by atoms with Gasteiger partial charge in [0.05, 0.1) is 6.54 Å². The fourth-order valence-electron chi connectivity index (χ4n) is 2.04. The van der Waals surface area contributed by atoms with Crippen molar-refractivity contribution in [2.45, 2.75) is 40.2 Å². The van der Waals surface area contributed by atoms with Crippen LogP contribution in [-0.4, -0.2) is 67.0 Å². The standard InChI is InChI=1S/C14H27N3O6S/c1-5-17(6-2)24(22,23)9-13(19)15-8-12(18)16-11(14(20)21)7-10(3)4/h10-11H,5-9H2,1-4H3,(H,15,19)(H,16,18)(H,20,21)/t11-/m0/s1. The number of hydrogen-bond donors (Lipinski definition) is 3. The Hall–Kier alpha value is -1.68. The summed E-state index contributed by atoms with van der Waals surface area (Å²) in [5, 5.41) is 13.5. The largest absolute Gasteiger partial charge is 0.480 e. The Morgan fingerprint density at radius 3 is 2.04 bits per heavy atom. The summed E-state index contributed by atoms with van der Waals surface area (Å²) in [6.07, 6.45) is 0.255. The molecular weight excluding hydrogens is 338 g/mol. The zero-order valence-corrected chi connectivity index (χ0v) is 15.4. The Labute approximate surface area is 142 Å². The van der Waals surface area contributed by atoms with Gasteiger partial charge in [-0.25, -0.2) is 17.5 Å². The minimum atomic E-state index is -3.73. The molecule has 0 aliphatic heterocycles. The molecule has 2 amide bonds. The predicted octanol–water partition coefficient (Wildman–Crippen LogP) is -0.610. The molecule has 3 N–H and O–H groups in total. The zero-order chi connectivity index (χ0) is 18.9. The summed E-state index contributed by atoms with van der Waals surface area (Å²) < 4.78 is 25.0. The first-order valence-corrected chi connectivity index (χ1v) is 9.41. The number of rotatable bonds is 11.